The average Bonchev–Trinajstić information content (AvgIpc) is 2.08. The zero-order valence-corrected chi connectivity index (χ0v) is 12.2. The van der Waals surface area contributed by atoms with Crippen LogP contribution in [-0.4, -0.2) is 5.91 Å². The van der Waals surface area contributed by atoms with E-state index in [-0.39, 0.29) is 5.91 Å². The summed E-state index contributed by atoms with van der Waals surface area (Å²) in [6, 6.07) is 3.86. The molecular weight excluding hydrogens is 378 g/mol. The summed E-state index contributed by atoms with van der Waals surface area (Å²) in [5.74, 6) is -0.0739. The molecule has 1 aromatic rings. The lowest BCUT2D eigenvalue weighted by atomic mass is 10.2. The van der Waals surface area contributed by atoms with Crippen LogP contribution in [0.1, 0.15) is 12.5 Å². The van der Waals surface area contributed by atoms with Crippen molar-refractivity contribution in [3.8, 4) is 0 Å². The van der Waals surface area contributed by atoms with Crippen molar-refractivity contribution in [2.45, 2.75) is 12.3 Å². The van der Waals surface area contributed by atoms with Gasteiger partial charge in [-0.15, -0.1) is 0 Å². The summed E-state index contributed by atoms with van der Waals surface area (Å²) >= 11 is 10.2. The first kappa shape index (κ1) is 12.2. The fourth-order valence-corrected chi connectivity index (χ4v) is 2.90. The van der Waals surface area contributed by atoms with E-state index in [2.05, 4.69) is 53.1 Å². The predicted molar refractivity (Wildman–Crippen MR) is 68.8 cm³/mol. The van der Waals surface area contributed by atoms with E-state index in [1.54, 1.807) is 0 Å². The number of nitrogens with one attached hydrogen (secondary N) is 1. The Hall–Kier alpha value is 0.130. The smallest absolute Gasteiger partial charge is 0.221 e. The first-order valence-electron chi connectivity index (χ1n) is 3.86. The molecule has 0 bridgehead atoms. The lowest BCUT2D eigenvalue weighted by molar-refractivity contribution is -0.114. The van der Waals surface area contributed by atoms with Crippen LogP contribution in [0.25, 0.3) is 0 Å². The third-order valence-electron chi connectivity index (χ3n) is 1.58. The zero-order valence-electron chi connectivity index (χ0n) is 7.40. The lowest BCUT2D eigenvalue weighted by Crippen LogP contribution is -2.08. The van der Waals surface area contributed by atoms with Crippen LogP contribution < -0.4 is 5.32 Å². The molecule has 76 valence electrons. The molecule has 0 unspecified atom stereocenters. The van der Waals surface area contributed by atoms with Gasteiger partial charge in [0.2, 0.25) is 5.91 Å². The van der Waals surface area contributed by atoms with Crippen LogP contribution in [0.2, 0.25) is 0 Å². The molecule has 0 spiro atoms. The van der Waals surface area contributed by atoms with Crippen molar-refractivity contribution >= 4 is 59.4 Å². The molecule has 0 saturated heterocycles. The Morgan fingerprint density at radius 1 is 1.43 bits per heavy atom. The number of hydrogen-bond donors (Lipinski definition) is 1. The van der Waals surface area contributed by atoms with Crippen LogP contribution in [0.15, 0.2) is 21.1 Å². The van der Waals surface area contributed by atoms with Crippen LogP contribution in [0.5, 0.6) is 0 Å². The van der Waals surface area contributed by atoms with Gasteiger partial charge in [0.05, 0.1) is 5.69 Å². The third kappa shape index (κ3) is 3.07. The normalized spacial score (nSPS) is 10.0. The van der Waals surface area contributed by atoms with Crippen molar-refractivity contribution in [1.82, 2.24) is 0 Å². The highest BCUT2D eigenvalue weighted by Crippen LogP contribution is 2.31. The molecule has 0 atom stereocenters. The molecule has 1 amide bonds. The summed E-state index contributed by atoms with van der Waals surface area (Å²) in [4.78, 5) is 11.0. The van der Waals surface area contributed by atoms with E-state index < -0.39 is 0 Å². The molecular formula is C9H8Br3NO. The maximum atomic E-state index is 11.0. The van der Waals surface area contributed by atoms with Crippen molar-refractivity contribution < 1.29 is 4.79 Å². The number of alkyl halides is 1. The Morgan fingerprint density at radius 2 is 2.07 bits per heavy atom. The van der Waals surface area contributed by atoms with Gasteiger partial charge in [-0.05, 0) is 33.6 Å². The number of amides is 1. The molecule has 0 fully saturated rings. The second kappa shape index (κ2) is 5.28. The molecule has 0 aliphatic carbocycles. The number of rotatable bonds is 2. The number of benzene rings is 1. The molecule has 0 radical (unpaired) electrons. The van der Waals surface area contributed by atoms with Crippen LogP contribution in [0, 0.1) is 0 Å². The third-order valence-corrected chi connectivity index (χ3v) is 3.27. The summed E-state index contributed by atoms with van der Waals surface area (Å²) < 4.78 is 1.85. The van der Waals surface area contributed by atoms with Gasteiger partial charge in [0.1, 0.15) is 0 Å². The molecule has 14 heavy (non-hydrogen) atoms. The maximum Gasteiger partial charge on any atom is 0.221 e. The monoisotopic (exact) mass is 383 g/mol. The highest BCUT2D eigenvalue weighted by Gasteiger charge is 2.08. The Morgan fingerprint density at radius 3 is 2.57 bits per heavy atom. The van der Waals surface area contributed by atoms with Crippen LogP contribution in [0.3, 0.4) is 0 Å². The van der Waals surface area contributed by atoms with Crippen molar-refractivity contribution in [1.29, 1.82) is 0 Å². The second-order valence-electron chi connectivity index (χ2n) is 2.74. The molecule has 0 aliphatic heterocycles. The van der Waals surface area contributed by atoms with E-state index in [0.717, 1.165) is 20.2 Å². The Kier molecular flexibility index (Phi) is 4.60. The van der Waals surface area contributed by atoms with Crippen molar-refractivity contribution in [3.05, 3.63) is 26.6 Å². The fourth-order valence-electron chi connectivity index (χ4n) is 1.05. The molecule has 0 aliphatic rings. The summed E-state index contributed by atoms with van der Waals surface area (Å²) in [7, 11) is 0. The number of carbonyl (C=O) groups is 1. The van der Waals surface area contributed by atoms with Crippen molar-refractivity contribution in [3.63, 3.8) is 0 Å². The van der Waals surface area contributed by atoms with Gasteiger partial charge in [-0.1, -0.05) is 31.9 Å². The molecule has 2 nitrogen and oxygen atoms in total. The zero-order chi connectivity index (χ0) is 10.7. The van der Waals surface area contributed by atoms with Gasteiger partial charge < -0.3 is 5.32 Å². The summed E-state index contributed by atoms with van der Waals surface area (Å²) in [5.41, 5.74) is 1.85. The minimum Gasteiger partial charge on any atom is -0.325 e. The van der Waals surface area contributed by atoms with Gasteiger partial charge in [-0.25, -0.2) is 0 Å². The van der Waals surface area contributed by atoms with Gasteiger partial charge in [0, 0.05) is 21.2 Å². The van der Waals surface area contributed by atoms with Crippen molar-refractivity contribution in [2.24, 2.45) is 0 Å². The van der Waals surface area contributed by atoms with Gasteiger partial charge >= 0.3 is 0 Å². The first-order valence-corrected chi connectivity index (χ1v) is 6.57. The quantitative estimate of drug-likeness (QED) is 0.764. The van der Waals surface area contributed by atoms with Crippen LogP contribution in [-0.2, 0) is 10.1 Å². The number of halogens is 3. The molecule has 1 aromatic carbocycles. The number of hydrogen-bond acceptors (Lipinski definition) is 1. The van der Waals surface area contributed by atoms with E-state index in [4.69, 9.17) is 0 Å². The van der Waals surface area contributed by atoms with E-state index in [0.29, 0.717) is 5.33 Å². The van der Waals surface area contributed by atoms with Gasteiger partial charge in [0.15, 0.2) is 0 Å². The average molecular weight is 386 g/mol. The number of carbonyl (C=O) groups excluding carboxylic acids is 1. The number of anilines is 1. The van der Waals surface area contributed by atoms with Gasteiger partial charge in [-0.2, -0.15) is 0 Å². The SMILES string of the molecule is CC(=O)Nc1c(Br)cc(Br)cc1CBr. The Bertz CT molecular complexity index is 365. The van der Waals surface area contributed by atoms with Crippen LogP contribution in [0.4, 0.5) is 5.69 Å². The minimum atomic E-state index is -0.0739. The van der Waals surface area contributed by atoms with E-state index in [1.807, 2.05) is 12.1 Å². The molecule has 1 N–H and O–H groups in total. The molecule has 0 aromatic heterocycles. The summed E-state index contributed by atoms with van der Waals surface area (Å²) in [6.07, 6.45) is 0. The van der Waals surface area contributed by atoms with Crippen LogP contribution >= 0.6 is 47.8 Å². The van der Waals surface area contributed by atoms with E-state index in [1.165, 1.54) is 6.92 Å². The summed E-state index contributed by atoms with van der Waals surface area (Å²) in [5, 5.41) is 3.48. The summed E-state index contributed by atoms with van der Waals surface area (Å²) in [6.45, 7) is 1.49. The minimum absolute atomic E-state index is 0.0739. The lowest BCUT2D eigenvalue weighted by Gasteiger charge is -2.10. The van der Waals surface area contributed by atoms with E-state index >= 15 is 0 Å². The highest BCUT2D eigenvalue weighted by atomic mass is 79.9. The maximum absolute atomic E-state index is 11.0. The highest BCUT2D eigenvalue weighted by molar-refractivity contribution is 9.11. The van der Waals surface area contributed by atoms with Gasteiger partial charge in [0.25, 0.3) is 0 Å². The molecule has 5 heteroatoms. The largest absolute Gasteiger partial charge is 0.325 e. The second-order valence-corrected chi connectivity index (χ2v) is 5.07. The van der Waals surface area contributed by atoms with Gasteiger partial charge in [-0.3, -0.25) is 4.79 Å². The first-order chi connectivity index (χ1) is 6.54. The van der Waals surface area contributed by atoms with Crippen molar-refractivity contribution in [2.75, 3.05) is 5.32 Å². The van der Waals surface area contributed by atoms with E-state index in [9.17, 15) is 4.79 Å². The fraction of sp³-hybridized carbons (Fsp3) is 0.222. The molecule has 0 heterocycles. The topological polar surface area (TPSA) is 29.1 Å². The molecule has 0 saturated carbocycles. The molecule has 1 rings (SSSR count). The predicted octanol–water partition coefficient (Wildman–Crippen LogP) is 4.06. The Labute approximate surface area is 108 Å². The Balaban J connectivity index is 3.18. The standard InChI is InChI=1S/C9H8Br3NO/c1-5(14)13-9-6(4-10)2-7(11)3-8(9)12/h2-3H,4H2,1H3,(H,13,14).